The Morgan fingerprint density at radius 3 is 1.27 bits per heavy atom. The van der Waals surface area contributed by atoms with Gasteiger partial charge in [-0.1, -0.05) is 35.4 Å². The van der Waals surface area contributed by atoms with Crippen molar-refractivity contribution in [2.24, 2.45) is 9.98 Å². The second-order valence-corrected chi connectivity index (χ2v) is 12.9. The predicted octanol–water partition coefficient (Wildman–Crippen LogP) is 8.32. The Morgan fingerprint density at radius 1 is 0.667 bits per heavy atom. The molecular formula is C24H26Br2FeN2O. The van der Waals surface area contributed by atoms with Crippen LogP contribution in [-0.2, 0) is 11.3 Å². The molecule has 30 heavy (non-hydrogen) atoms. The van der Waals surface area contributed by atoms with Crippen LogP contribution in [0.2, 0.25) is 0 Å². The van der Waals surface area contributed by atoms with Crippen molar-refractivity contribution in [3.05, 3.63) is 81.3 Å². The molecule has 0 spiro atoms. The molecule has 0 unspecified atom stereocenters. The number of hydrogen-bond acceptors (Lipinski definition) is 3. The average molecular weight is 574 g/mol. The number of aliphatic imine (C=N–C) groups is 2. The first-order valence-electron chi connectivity index (χ1n) is 9.44. The first-order chi connectivity index (χ1) is 14.2. The summed E-state index contributed by atoms with van der Waals surface area (Å²) in [4.78, 5) is 9.25. The summed E-state index contributed by atoms with van der Waals surface area (Å²) >= 11 is 7.00. The number of nitrogens with zero attached hydrogens (tertiary/aromatic N) is 2. The molecule has 0 amide bonds. The zero-order valence-electron chi connectivity index (χ0n) is 18.0. The molecule has 0 radical (unpaired) electrons. The second-order valence-electron chi connectivity index (χ2n) is 7.30. The van der Waals surface area contributed by atoms with Gasteiger partial charge in [0.25, 0.3) is 0 Å². The van der Waals surface area contributed by atoms with Crippen molar-refractivity contribution in [1.82, 2.24) is 0 Å². The zero-order chi connectivity index (χ0) is 22.3. The predicted molar refractivity (Wildman–Crippen MR) is 132 cm³/mol. The summed E-state index contributed by atoms with van der Waals surface area (Å²) in [7, 11) is 0. The van der Waals surface area contributed by atoms with Gasteiger partial charge in [-0.2, -0.15) is 0 Å². The van der Waals surface area contributed by atoms with E-state index in [9.17, 15) is 0 Å². The number of halogens is 2. The monoisotopic (exact) mass is 572 g/mol. The van der Waals surface area contributed by atoms with Crippen molar-refractivity contribution in [3.8, 4) is 0 Å². The molecule has 1 heterocycles. The minimum atomic E-state index is 0.716. The molecule has 160 valence electrons. The van der Waals surface area contributed by atoms with E-state index in [1.54, 1.807) is 12.4 Å². The number of furan rings is 1. The Labute approximate surface area is 199 Å². The Hall–Kier alpha value is -1.46. The molecule has 3 nitrogen and oxygen atoms in total. The zero-order valence-corrected chi connectivity index (χ0v) is 22.3. The van der Waals surface area contributed by atoms with Gasteiger partial charge in [0.2, 0.25) is 0 Å². The van der Waals surface area contributed by atoms with Gasteiger partial charge in [-0.25, -0.2) is 0 Å². The molecule has 0 aliphatic carbocycles. The SMILES string of the molecule is Cc1cc(C)c(N=Cc2ccc(C=Nc3c(C)cc(C)cc3C)o2)c(C)c1.[Br][Fe][Br]. The molecule has 0 N–H and O–H groups in total. The maximum absolute atomic E-state index is 5.84. The van der Waals surface area contributed by atoms with E-state index in [1.807, 2.05) is 12.1 Å². The fraction of sp³-hybridized carbons (Fsp3) is 0.250. The average Bonchev–Trinajstić information content (AvgIpc) is 3.08. The van der Waals surface area contributed by atoms with Gasteiger partial charge < -0.3 is 4.42 Å². The first-order valence-corrected chi connectivity index (χ1v) is 14.9. The van der Waals surface area contributed by atoms with Crippen LogP contribution in [0.15, 0.2) is 50.8 Å². The summed E-state index contributed by atoms with van der Waals surface area (Å²) in [5, 5.41) is 0. The molecule has 0 fully saturated rings. The van der Waals surface area contributed by atoms with Crippen LogP contribution < -0.4 is 0 Å². The summed E-state index contributed by atoms with van der Waals surface area (Å²) < 4.78 is 5.84. The molecule has 3 rings (SSSR count). The van der Waals surface area contributed by atoms with Gasteiger partial charge in [-0.15, -0.1) is 0 Å². The molecule has 3 aromatic rings. The Kier molecular flexibility index (Phi) is 9.76. The van der Waals surface area contributed by atoms with E-state index >= 15 is 0 Å². The van der Waals surface area contributed by atoms with Crippen molar-refractivity contribution in [2.45, 2.75) is 41.5 Å². The Bertz CT molecular complexity index is 943. The van der Waals surface area contributed by atoms with Crippen LogP contribution in [0, 0.1) is 41.5 Å². The van der Waals surface area contributed by atoms with Crippen molar-refractivity contribution >= 4 is 52.0 Å². The van der Waals surface area contributed by atoms with Gasteiger partial charge in [-0.05, 0) is 75.9 Å². The maximum atomic E-state index is 5.84. The molecule has 0 saturated carbocycles. The van der Waals surface area contributed by atoms with Crippen LogP contribution in [0.3, 0.4) is 0 Å². The summed E-state index contributed by atoms with van der Waals surface area (Å²) in [6.07, 6.45) is 3.54. The summed E-state index contributed by atoms with van der Waals surface area (Å²) in [5.74, 6) is 1.43. The molecule has 2 aromatic carbocycles. The van der Waals surface area contributed by atoms with Crippen LogP contribution in [0.25, 0.3) is 0 Å². The van der Waals surface area contributed by atoms with Gasteiger partial charge in [0.1, 0.15) is 11.5 Å². The number of aryl methyl sites for hydroxylation is 6. The third kappa shape index (κ3) is 7.05. The molecule has 1 aromatic heterocycles. The van der Waals surface area contributed by atoms with E-state index in [0.29, 0.717) is 11.5 Å². The molecular weight excluding hydrogens is 548 g/mol. The standard InChI is InChI=1S/C24H26N2O.2BrH.Fe/c1-15-9-17(3)23(18(4)10-15)25-13-21-7-8-22(27-21)14-26-24-19(5)11-16(2)12-20(24)6;;;/h7-14H,1-6H3;2*1H;/q;;;+2/p-2. The van der Waals surface area contributed by atoms with Crippen molar-refractivity contribution in [3.63, 3.8) is 0 Å². The normalized spacial score (nSPS) is 11.3. The minimum absolute atomic E-state index is 0.716. The molecule has 0 aliphatic heterocycles. The molecule has 6 heteroatoms. The van der Waals surface area contributed by atoms with Gasteiger partial charge in [0, 0.05) is 0 Å². The van der Waals surface area contributed by atoms with Crippen molar-refractivity contribution < 1.29 is 15.8 Å². The number of rotatable bonds is 4. The molecule has 0 aliphatic rings. The van der Waals surface area contributed by atoms with Gasteiger partial charge in [0.05, 0.1) is 23.8 Å². The molecule has 0 saturated heterocycles. The van der Waals surface area contributed by atoms with E-state index in [0.717, 1.165) is 22.7 Å². The van der Waals surface area contributed by atoms with Crippen LogP contribution >= 0.6 is 28.2 Å². The topological polar surface area (TPSA) is 37.9 Å². The van der Waals surface area contributed by atoms with Crippen LogP contribution in [0.4, 0.5) is 11.4 Å². The van der Waals surface area contributed by atoms with Gasteiger partial charge in [-0.3, -0.25) is 9.98 Å². The van der Waals surface area contributed by atoms with E-state index in [1.165, 1.54) is 33.4 Å². The molecule has 0 bridgehead atoms. The number of benzene rings is 2. The summed E-state index contributed by atoms with van der Waals surface area (Å²) in [6.45, 7) is 12.5. The number of hydrogen-bond donors (Lipinski definition) is 0. The fourth-order valence-electron chi connectivity index (χ4n) is 3.52. The van der Waals surface area contributed by atoms with Crippen molar-refractivity contribution in [1.29, 1.82) is 0 Å². The van der Waals surface area contributed by atoms with Crippen LogP contribution in [-0.4, -0.2) is 12.4 Å². The van der Waals surface area contributed by atoms with Crippen molar-refractivity contribution in [2.75, 3.05) is 0 Å². The van der Waals surface area contributed by atoms with E-state index in [2.05, 4.69) is 104 Å². The summed E-state index contributed by atoms with van der Waals surface area (Å²) in [5.41, 5.74) is 9.18. The third-order valence-corrected chi connectivity index (χ3v) is 4.56. The van der Waals surface area contributed by atoms with Crippen LogP contribution in [0.1, 0.15) is 44.9 Å². The third-order valence-electron chi connectivity index (χ3n) is 4.56. The van der Waals surface area contributed by atoms with E-state index < -0.39 is 0 Å². The first kappa shape index (κ1) is 24.8. The summed E-state index contributed by atoms with van der Waals surface area (Å²) in [6, 6.07) is 12.4. The van der Waals surface area contributed by atoms with E-state index in [4.69, 9.17) is 4.42 Å². The molecule has 0 atom stereocenters. The second kappa shape index (κ2) is 11.8. The van der Waals surface area contributed by atoms with Gasteiger partial charge >= 0.3 is 39.6 Å². The Balaban J connectivity index is 0.00000101. The quantitative estimate of drug-likeness (QED) is 0.228. The van der Waals surface area contributed by atoms with E-state index in [-0.39, 0.29) is 0 Å². The Morgan fingerprint density at radius 2 is 0.967 bits per heavy atom. The van der Waals surface area contributed by atoms with Gasteiger partial charge in [0.15, 0.2) is 0 Å². The van der Waals surface area contributed by atoms with Crippen LogP contribution in [0.5, 0.6) is 0 Å². The fourth-order valence-corrected chi connectivity index (χ4v) is 3.52.